The first-order valence-corrected chi connectivity index (χ1v) is 8.79. The van der Waals surface area contributed by atoms with Gasteiger partial charge in [-0.2, -0.15) is 0 Å². The highest BCUT2D eigenvalue weighted by Crippen LogP contribution is 2.32. The van der Waals surface area contributed by atoms with Gasteiger partial charge in [-0.15, -0.1) is 11.3 Å². The minimum atomic E-state index is -0.219. The van der Waals surface area contributed by atoms with Crippen LogP contribution in [0.3, 0.4) is 0 Å². The number of ether oxygens (including phenoxy) is 1. The molecule has 4 nitrogen and oxygen atoms in total. The molecule has 0 fully saturated rings. The predicted octanol–water partition coefficient (Wildman–Crippen LogP) is 4.68. The van der Waals surface area contributed by atoms with E-state index in [9.17, 15) is 4.79 Å². The molecule has 1 N–H and O–H groups in total. The number of thiazole rings is 1. The summed E-state index contributed by atoms with van der Waals surface area (Å²) in [6.07, 6.45) is 0. The molecule has 0 aliphatic rings. The van der Waals surface area contributed by atoms with Crippen molar-refractivity contribution in [3.63, 3.8) is 0 Å². The lowest BCUT2D eigenvalue weighted by atomic mass is 10.2. The summed E-state index contributed by atoms with van der Waals surface area (Å²) in [5.74, 6) is 0.523. The maximum atomic E-state index is 12.3. The number of hydrogen-bond acceptors (Lipinski definition) is 4. The Morgan fingerprint density at radius 3 is 2.65 bits per heavy atom. The summed E-state index contributed by atoms with van der Waals surface area (Å²) in [5, 5.41) is 5.36. The monoisotopic (exact) mass is 436 g/mol. The van der Waals surface area contributed by atoms with E-state index in [0.717, 1.165) is 25.6 Å². The first-order valence-electron chi connectivity index (χ1n) is 6.83. The van der Waals surface area contributed by atoms with Crippen LogP contribution in [0.4, 0.5) is 5.69 Å². The number of carbonyl (C=O) groups excluding carboxylic acids is 1. The van der Waals surface area contributed by atoms with Gasteiger partial charge in [-0.3, -0.25) is 4.79 Å². The molecule has 0 unspecified atom stereocenters. The molecule has 23 heavy (non-hydrogen) atoms. The maximum Gasteiger partial charge on any atom is 0.275 e. The number of nitrogens with zero attached hydrogens (tertiary/aromatic N) is 1. The summed E-state index contributed by atoms with van der Waals surface area (Å²) < 4.78 is 6.46. The van der Waals surface area contributed by atoms with Crippen molar-refractivity contribution in [1.82, 2.24) is 4.98 Å². The van der Waals surface area contributed by atoms with E-state index < -0.39 is 0 Å². The Morgan fingerprint density at radius 1 is 1.17 bits per heavy atom. The summed E-state index contributed by atoms with van der Waals surface area (Å²) in [6.45, 7) is 0. The van der Waals surface area contributed by atoms with Crippen LogP contribution in [0.25, 0.3) is 10.6 Å². The van der Waals surface area contributed by atoms with E-state index in [4.69, 9.17) is 4.74 Å². The fourth-order valence-electron chi connectivity index (χ4n) is 2.05. The van der Waals surface area contributed by atoms with E-state index in [2.05, 4.69) is 32.9 Å². The van der Waals surface area contributed by atoms with E-state index in [1.54, 1.807) is 12.5 Å². The molecule has 0 saturated heterocycles. The number of carbonyl (C=O) groups is 1. The number of rotatable bonds is 4. The van der Waals surface area contributed by atoms with Gasteiger partial charge in [0.2, 0.25) is 0 Å². The Labute approximate surface area is 151 Å². The first kappa shape index (κ1) is 15.9. The molecule has 0 bridgehead atoms. The van der Waals surface area contributed by atoms with Crippen molar-refractivity contribution in [2.24, 2.45) is 0 Å². The molecule has 1 aromatic heterocycles. The highest BCUT2D eigenvalue weighted by Gasteiger charge is 2.14. The van der Waals surface area contributed by atoms with Gasteiger partial charge in [-0.1, -0.05) is 12.1 Å². The molecule has 3 aromatic rings. The highest BCUT2D eigenvalue weighted by atomic mass is 127. The third kappa shape index (κ3) is 3.70. The summed E-state index contributed by atoms with van der Waals surface area (Å²) in [5.41, 5.74) is 2.03. The SMILES string of the molecule is COc1ccccc1-c1nc(C(=O)Nc2ccc(I)cc2)cs1. The normalized spacial score (nSPS) is 10.3. The Hall–Kier alpha value is -1.93. The van der Waals surface area contributed by atoms with Crippen molar-refractivity contribution < 1.29 is 9.53 Å². The summed E-state index contributed by atoms with van der Waals surface area (Å²) in [7, 11) is 1.62. The molecule has 6 heteroatoms. The van der Waals surface area contributed by atoms with Crippen molar-refractivity contribution in [2.45, 2.75) is 0 Å². The summed E-state index contributed by atoms with van der Waals surface area (Å²) >= 11 is 3.64. The zero-order chi connectivity index (χ0) is 16.2. The predicted molar refractivity (Wildman–Crippen MR) is 101 cm³/mol. The van der Waals surface area contributed by atoms with E-state index in [1.807, 2.05) is 48.5 Å². The van der Waals surface area contributed by atoms with Crippen LogP contribution in [-0.2, 0) is 0 Å². The summed E-state index contributed by atoms with van der Waals surface area (Å²) in [4.78, 5) is 16.7. The van der Waals surface area contributed by atoms with Gasteiger partial charge in [-0.05, 0) is 59.0 Å². The average Bonchev–Trinajstić information content (AvgIpc) is 3.07. The third-order valence-corrected chi connectivity index (χ3v) is 4.77. The average molecular weight is 436 g/mol. The second kappa shape index (κ2) is 7.10. The van der Waals surface area contributed by atoms with Crippen molar-refractivity contribution in [3.05, 3.63) is 63.2 Å². The van der Waals surface area contributed by atoms with Gasteiger partial charge in [0.15, 0.2) is 0 Å². The van der Waals surface area contributed by atoms with Crippen LogP contribution >= 0.6 is 33.9 Å². The maximum absolute atomic E-state index is 12.3. The van der Waals surface area contributed by atoms with Crippen molar-refractivity contribution in [3.8, 4) is 16.3 Å². The molecule has 0 atom stereocenters. The molecular weight excluding hydrogens is 423 g/mol. The molecule has 1 amide bonds. The molecular formula is C17H13IN2O2S. The molecule has 0 spiro atoms. The number of halogens is 1. The lowest BCUT2D eigenvalue weighted by Crippen LogP contribution is -2.12. The van der Waals surface area contributed by atoms with Crippen LogP contribution in [0.1, 0.15) is 10.5 Å². The number of amides is 1. The minimum Gasteiger partial charge on any atom is -0.496 e. The van der Waals surface area contributed by atoms with Crippen LogP contribution in [0, 0.1) is 3.57 Å². The molecule has 0 radical (unpaired) electrons. The Bertz CT molecular complexity index is 831. The number of anilines is 1. The van der Waals surface area contributed by atoms with E-state index >= 15 is 0 Å². The number of benzene rings is 2. The van der Waals surface area contributed by atoms with Crippen LogP contribution in [0.15, 0.2) is 53.9 Å². The summed E-state index contributed by atoms with van der Waals surface area (Å²) in [6, 6.07) is 15.3. The second-order valence-corrected chi connectivity index (χ2v) is 6.80. The second-order valence-electron chi connectivity index (χ2n) is 4.70. The zero-order valence-corrected chi connectivity index (χ0v) is 15.2. The van der Waals surface area contributed by atoms with Crippen molar-refractivity contribution in [1.29, 1.82) is 0 Å². The Morgan fingerprint density at radius 2 is 1.91 bits per heavy atom. The Balaban J connectivity index is 1.81. The lowest BCUT2D eigenvalue weighted by molar-refractivity contribution is 0.102. The van der Waals surface area contributed by atoms with Crippen molar-refractivity contribution >= 4 is 45.5 Å². The zero-order valence-electron chi connectivity index (χ0n) is 12.2. The molecule has 3 rings (SSSR count). The Kier molecular flexibility index (Phi) is 4.92. The number of para-hydroxylation sites is 1. The molecule has 2 aromatic carbocycles. The highest BCUT2D eigenvalue weighted by molar-refractivity contribution is 14.1. The smallest absolute Gasteiger partial charge is 0.275 e. The van der Waals surface area contributed by atoms with Crippen molar-refractivity contribution in [2.75, 3.05) is 12.4 Å². The molecule has 0 saturated carbocycles. The molecule has 1 heterocycles. The van der Waals surface area contributed by atoms with Crippen LogP contribution in [0.5, 0.6) is 5.75 Å². The van der Waals surface area contributed by atoms with Crippen LogP contribution in [0.2, 0.25) is 0 Å². The largest absolute Gasteiger partial charge is 0.496 e. The number of hydrogen-bond donors (Lipinski definition) is 1. The quantitative estimate of drug-likeness (QED) is 0.605. The lowest BCUT2D eigenvalue weighted by Gasteiger charge is -2.05. The fourth-order valence-corrected chi connectivity index (χ4v) is 3.24. The van der Waals surface area contributed by atoms with Crippen LogP contribution in [-0.4, -0.2) is 18.0 Å². The number of methoxy groups -OCH3 is 1. The van der Waals surface area contributed by atoms with Gasteiger partial charge < -0.3 is 10.1 Å². The minimum absolute atomic E-state index is 0.219. The third-order valence-electron chi connectivity index (χ3n) is 3.18. The van der Waals surface area contributed by atoms with E-state index in [0.29, 0.717) is 5.69 Å². The molecule has 0 aliphatic heterocycles. The van der Waals surface area contributed by atoms with Gasteiger partial charge in [0.05, 0.1) is 12.7 Å². The van der Waals surface area contributed by atoms with E-state index in [1.165, 1.54) is 11.3 Å². The fraction of sp³-hybridized carbons (Fsp3) is 0.0588. The van der Waals surface area contributed by atoms with Gasteiger partial charge >= 0.3 is 0 Å². The van der Waals surface area contributed by atoms with Gasteiger partial charge in [0.25, 0.3) is 5.91 Å². The van der Waals surface area contributed by atoms with Gasteiger partial charge in [0.1, 0.15) is 16.5 Å². The molecule has 116 valence electrons. The standard InChI is InChI=1S/C17H13IN2O2S/c1-22-15-5-3-2-4-13(15)17-20-14(10-23-17)16(21)19-12-8-6-11(18)7-9-12/h2-10H,1H3,(H,19,21). The van der Waals surface area contributed by atoms with Gasteiger partial charge in [0, 0.05) is 14.6 Å². The topological polar surface area (TPSA) is 51.2 Å². The van der Waals surface area contributed by atoms with E-state index in [-0.39, 0.29) is 5.91 Å². The molecule has 0 aliphatic carbocycles. The first-order chi connectivity index (χ1) is 11.2. The van der Waals surface area contributed by atoms with Crippen LogP contribution < -0.4 is 10.1 Å². The number of aromatic nitrogens is 1. The van der Waals surface area contributed by atoms with Gasteiger partial charge in [-0.25, -0.2) is 4.98 Å². The number of nitrogens with one attached hydrogen (secondary N) is 1.